The molecule has 0 aliphatic heterocycles. The number of esters is 2. The second-order valence-corrected chi connectivity index (χ2v) is 7.08. The van der Waals surface area contributed by atoms with Crippen molar-refractivity contribution < 1.29 is 84.9 Å². The van der Waals surface area contributed by atoms with E-state index in [9.17, 15) is 75.4 Å². The summed E-state index contributed by atoms with van der Waals surface area (Å²) in [4.78, 5) is 23.0. The van der Waals surface area contributed by atoms with E-state index >= 15 is 0 Å². The average molecular weight is 576 g/mol. The van der Waals surface area contributed by atoms with E-state index in [1.54, 1.807) is 0 Å². The van der Waals surface area contributed by atoms with Crippen LogP contribution in [0.2, 0.25) is 0 Å². The van der Waals surface area contributed by atoms with Gasteiger partial charge in [0, 0.05) is 12.5 Å². The predicted molar refractivity (Wildman–Crippen MR) is 87.6 cm³/mol. The van der Waals surface area contributed by atoms with Gasteiger partial charge in [-0.25, -0.2) is 4.79 Å². The Balaban J connectivity index is 3.34. The molecule has 37 heavy (non-hydrogen) atoms. The van der Waals surface area contributed by atoms with E-state index in [4.69, 9.17) is 0 Å². The quantitative estimate of drug-likeness (QED) is 0.246. The number of rotatable bonds is 10. The molecule has 4 nitrogen and oxygen atoms in total. The van der Waals surface area contributed by atoms with E-state index < -0.39 is 66.4 Å². The molecule has 0 heterocycles. The SMILES string of the molecule is CC(=O)O[C@H](C(=O)OCC(F)(F)C(F)(F)C(F)(F)C(F)(F)C(F)(F)C(F)(F)C(F)(F)F)c1ccccc1. The van der Waals surface area contributed by atoms with Gasteiger partial charge in [0.1, 0.15) is 0 Å². The van der Waals surface area contributed by atoms with Gasteiger partial charge in [-0.2, -0.15) is 65.9 Å². The van der Waals surface area contributed by atoms with Gasteiger partial charge in [-0.1, -0.05) is 30.3 Å². The van der Waals surface area contributed by atoms with Crippen LogP contribution in [0.1, 0.15) is 18.6 Å². The fourth-order valence-electron chi connectivity index (χ4n) is 2.37. The van der Waals surface area contributed by atoms with Crippen LogP contribution in [-0.2, 0) is 19.1 Å². The zero-order chi connectivity index (χ0) is 29.5. The zero-order valence-corrected chi connectivity index (χ0v) is 17.5. The normalized spacial score (nSPS) is 15.2. The average Bonchev–Trinajstić information content (AvgIpc) is 2.74. The van der Waals surface area contributed by atoms with Crippen molar-refractivity contribution in [1.29, 1.82) is 0 Å². The maximum Gasteiger partial charge on any atom is 0.460 e. The standard InChI is InChI=1S/C18H11F15O4/c1-8(34)37-10(9-5-3-2-4-6-9)11(35)36-7-12(19,20)13(21,22)14(23,24)15(25,26)16(27,28)17(29,30)18(31,32)33/h2-6,10H,7H2,1H3/t10-/m0/s1. The predicted octanol–water partition coefficient (Wildman–Crippen LogP) is 6.21. The number of alkyl halides is 15. The van der Waals surface area contributed by atoms with Gasteiger partial charge in [0.2, 0.25) is 6.10 Å². The molecule has 1 aromatic rings. The smallest absolute Gasteiger partial charge is 0.456 e. The molecule has 1 atom stereocenters. The number of halogens is 15. The first kappa shape index (κ1) is 32.1. The Bertz CT molecular complexity index is 973. The van der Waals surface area contributed by atoms with E-state index in [0.29, 0.717) is 6.92 Å². The van der Waals surface area contributed by atoms with Crippen molar-refractivity contribution in [1.82, 2.24) is 0 Å². The van der Waals surface area contributed by atoms with Gasteiger partial charge in [-0.3, -0.25) is 4.79 Å². The molecule has 212 valence electrons. The minimum absolute atomic E-state index is 0.385. The van der Waals surface area contributed by atoms with Crippen LogP contribution in [0.3, 0.4) is 0 Å². The summed E-state index contributed by atoms with van der Waals surface area (Å²) in [5.74, 6) is -51.4. The van der Waals surface area contributed by atoms with Crippen molar-refractivity contribution in [2.45, 2.75) is 54.7 Å². The van der Waals surface area contributed by atoms with E-state index in [1.807, 2.05) is 0 Å². The van der Waals surface area contributed by atoms with Gasteiger partial charge in [0.25, 0.3) is 0 Å². The van der Waals surface area contributed by atoms with Gasteiger partial charge in [-0.05, 0) is 0 Å². The van der Waals surface area contributed by atoms with Crippen LogP contribution in [0, 0.1) is 0 Å². The maximum absolute atomic E-state index is 13.8. The molecule has 0 aromatic heterocycles. The molecule has 0 fully saturated rings. The van der Waals surface area contributed by atoms with E-state index in [2.05, 4.69) is 9.47 Å². The highest BCUT2D eigenvalue weighted by Gasteiger charge is 2.93. The van der Waals surface area contributed by atoms with Crippen molar-refractivity contribution in [3.8, 4) is 0 Å². The molecular weight excluding hydrogens is 565 g/mol. The molecule has 1 aromatic carbocycles. The molecule has 0 radical (unpaired) electrons. The minimum atomic E-state index is -8.46. The van der Waals surface area contributed by atoms with Crippen LogP contribution in [0.15, 0.2) is 30.3 Å². The maximum atomic E-state index is 13.8. The Morgan fingerprint density at radius 2 is 1.08 bits per heavy atom. The van der Waals surface area contributed by atoms with Crippen molar-refractivity contribution in [3.63, 3.8) is 0 Å². The first-order valence-corrected chi connectivity index (χ1v) is 9.02. The Hall–Kier alpha value is -2.89. The highest BCUT2D eigenvalue weighted by molar-refractivity contribution is 5.80. The Labute approximate surface area is 195 Å². The summed E-state index contributed by atoms with van der Waals surface area (Å²) in [6.45, 7) is -2.69. The van der Waals surface area contributed by atoms with Gasteiger partial charge in [0.15, 0.2) is 6.61 Å². The number of carbonyl (C=O) groups excluding carboxylic acids is 2. The van der Waals surface area contributed by atoms with Crippen molar-refractivity contribution in [3.05, 3.63) is 35.9 Å². The second-order valence-electron chi connectivity index (χ2n) is 7.08. The Kier molecular flexibility index (Phi) is 8.49. The van der Waals surface area contributed by atoms with Crippen LogP contribution < -0.4 is 0 Å². The highest BCUT2D eigenvalue weighted by Crippen LogP contribution is 2.62. The van der Waals surface area contributed by atoms with Crippen LogP contribution >= 0.6 is 0 Å². The first-order chi connectivity index (χ1) is 16.3. The van der Waals surface area contributed by atoms with Crippen LogP contribution in [0.25, 0.3) is 0 Å². The van der Waals surface area contributed by atoms with Gasteiger partial charge in [-0.15, -0.1) is 0 Å². The summed E-state index contributed by atoms with van der Waals surface area (Å²) in [6, 6.07) is 5.55. The minimum Gasteiger partial charge on any atom is -0.456 e. The Morgan fingerprint density at radius 3 is 1.49 bits per heavy atom. The lowest BCUT2D eigenvalue weighted by Gasteiger charge is -2.41. The van der Waals surface area contributed by atoms with E-state index in [-0.39, 0.29) is 5.56 Å². The van der Waals surface area contributed by atoms with Gasteiger partial charge >= 0.3 is 53.7 Å². The third-order valence-electron chi connectivity index (χ3n) is 4.39. The molecule has 0 bridgehead atoms. The monoisotopic (exact) mass is 576 g/mol. The largest absolute Gasteiger partial charge is 0.460 e. The topological polar surface area (TPSA) is 52.6 Å². The van der Waals surface area contributed by atoms with E-state index in [1.165, 1.54) is 6.07 Å². The molecule has 0 amide bonds. The summed E-state index contributed by atoms with van der Waals surface area (Å²) < 4.78 is 206. The molecule has 1 rings (SSSR count). The zero-order valence-electron chi connectivity index (χ0n) is 17.5. The van der Waals surface area contributed by atoms with Crippen LogP contribution in [0.5, 0.6) is 0 Å². The third kappa shape index (κ3) is 5.39. The lowest BCUT2D eigenvalue weighted by molar-refractivity contribution is -0.453. The summed E-state index contributed by atoms with van der Waals surface area (Å²) in [5.41, 5.74) is -0.385. The highest BCUT2D eigenvalue weighted by atomic mass is 19.4. The summed E-state index contributed by atoms with van der Waals surface area (Å²) in [5, 5.41) is 0. The number of carbonyl (C=O) groups is 2. The Morgan fingerprint density at radius 1 is 0.676 bits per heavy atom. The molecule has 19 heteroatoms. The fourth-order valence-corrected chi connectivity index (χ4v) is 2.37. The summed E-state index contributed by atoms with van der Waals surface area (Å²) >= 11 is 0. The van der Waals surface area contributed by atoms with Gasteiger partial charge < -0.3 is 9.47 Å². The van der Waals surface area contributed by atoms with Crippen LogP contribution in [-0.4, -0.2) is 60.3 Å². The first-order valence-electron chi connectivity index (χ1n) is 9.02. The van der Waals surface area contributed by atoms with Crippen molar-refractivity contribution in [2.75, 3.05) is 6.61 Å². The molecule has 0 aliphatic carbocycles. The van der Waals surface area contributed by atoms with Crippen molar-refractivity contribution in [2.24, 2.45) is 0 Å². The van der Waals surface area contributed by atoms with Gasteiger partial charge in [0.05, 0.1) is 0 Å². The molecule has 0 aliphatic rings. The molecule has 0 spiro atoms. The summed E-state index contributed by atoms with van der Waals surface area (Å²) in [6.07, 6.45) is -10.0. The number of benzene rings is 1. The third-order valence-corrected chi connectivity index (χ3v) is 4.39. The molecule has 0 N–H and O–H groups in total. The number of hydrogen-bond donors (Lipinski definition) is 0. The molecule has 0 saturated carbocycles. The summed E-state index contributed by atoms with van der Waals surface area (Å²) in [7, 11) is 0. The lowest BCUT2D eigenvalue weighted by Crippen LogP contribution is -2.73. The lowest BCUT2D eigenvalue weighted by atomic mass is 9.91. The molecular formula is C18H11F15O4. The number of hydrogen-bond acceptors (Lipinski definition) is 4. The molecule has 0 unspecified atom stereocenters. The van der Waals surface area contributed by atoms with E-state index in [0.717, 1.165) is 24.3 Å². The fraction of sp³-hybridized carbons (Fsp3) is 0.556. The second kappa shape index (κ2) is 9.77. The molecule has 0 saturated heterocycles. The number of ether oxygens (including phenoxy) is 2. The van der Waals surface area contributed by atoms with Crippen LogP contribution in [0.4, 0.5) is 65.9 Å². The van der Waals surface area contributed by atoms with Crippen molar-refractivity contribution >= 4 is 11.9 Å².